The second-order valence-electron chi connectivity index (χ2n) is 20.7. The van der Waals surface area contributed by atoms with Crippen LogP contribution in [0.15, 0.2) is 262 Å². The first-order chi connectivity index (χ1) is 42.7. The van der Waals surface area contributed by atoms with Crippen LogP contribution >= 0.6 is 0 Å². The van der Waals surface area contributed by atoms with Crippen molar-refractivity contribution in [3.63, 3.8) is 0 Å². The van der Waals surface area contributed by atoms with E-state index in [2.05, 4.69) is 182 Å². The largest absolute Gasteiger partial charge is 3.00 e. The summed E-state index contributed by atoms with van der Waals surface area (Å²) in [6, 6.07) is 84.9. The van der Waals surface area contributed by atoms with Gasteiger partial charge in [-0.1, -0.05) is 185 Å². The van der Waals surface area contributed by atoms with E-state index < -0.39 is 6.85 Å². The zero-order valence-electron chi connectivity index (χ0n) is 48.7. The van der Waals surface area contributed by atoms with Crippen molar-refractivity contribution in [1.82, 2.24) is 33.7 Å². The minimum atomic E-state index is -2.38. The van der Waals surface area contributed by atoms with Crippen LogP contribution in [0, 0.1) is 25.1 Å². The Morgan fingerprint density at radius 3 is 1.56 bits per heavy atom. The van der Waals surface area contributed by atoms with Gasteiger partial charge in [0.05, 0.1) is 1.37 Å². The summed E-state index contributed by atoms with van der Waals surface area (Å²) in [6.45, 7) is -2.38. The number of fused-ring (bicyclic) bond motifs is 12. The third kappa shape index (κ3) is 8.50. The summed E-state index contributed by atoms with van der Waals surface area (Å²) in [4.78, 5) is 23.7. The predicted molar refractivity (Wildman–Crippen MR) is 338 cm³/mol. The molecule has 0 aliphatic heterocycles. The summed E-state index contributed by atoms with van der Waals surface area (Å²) >= 11 is 0. The monoisotopic (exact) mass is 1250 g/mol. The number of hydrogen-bond donors (Lipinski definition) is 0. The number of aromatic nitrogens is 7. The summed E-state index contributed by atoms with van der Waals surface area (Å²) < 4.78 is 38.1. The number of benzene rings is 9. The fourth-order valence-electron chi connectivity index (χ4n) is 12.1. The fourth-order valence-corrected chi connectivity index (χ4v) is 12.1. The Bertz CT molecular complexity index is 5410. The number of imidazole rings is 2. The van der Waals surface area contributed by atoms with Crippen molar-refractivity contribution in [1.29, 1.82) is 0 Å². The minimum Gasteiger partial charge on any atom is -0.342 e. The summed E-state index contributed by atoms with van der Waals surface area (Å²) in [6.07, 6.45) is 12.3. The minimum absolute atomic E-state index is 0. The van der Waals surface area contributed by atoms with E-state index in [4.69, 9.17) is 30.4 Å². The van der Waals surface area contributed by atoms with Gasteiger partial charge in [0.1, 0.15) is 11.3 Å². The molecular formula is C76H46IrN7. The maximum absolute atomic E-state index is 8.84. The Balaban J connectivity index is 0.00000650. The summed E-state index contributed by atoms with van der Waals surface area (Å²) in [5, 5.41) is 2.68. The normalized spacial score (nSPS) is 12.4. The smallest absolute Gasteiger partial charge is 0.342 e. The van der Waals surface area contributed by atoms with Gasteiger partial charge in [0.15, 0.2) is 0 Å². The van der Waals surface area contributed by atoms with E-state index in [0.29, 0.717) is 44.5 Å². The first-order valence-corrected chi connectivity index (χ1v) is 27.4. The molecule has 0 spiro atoms. The molecule has 9 aromatic carbocycles. The molecule has 84 heavy (non-hydrogen) atoms. The van der Waals surface area contributed by atoms with Gasteiger partial charge in [-0.15, -0.1) is 70.9 Å². The van der Waals surface area contributed by atoms with E-state index in [9.17, 15) is 0 Å². The van der Waals surface area contributed by atoms with E-state index >= 15 is 0 Å². The molecule has 0 fully saturated rings. The molecule has 16 aromatic rings. The van der Waals surface area contributed by atoms with Crippen LogP contribution < -0.4 is 0 Å². The van der Waals surface area contributed by atoms with E-state index in [1.54, 1.807) is 36.9 Å². The van der Waals surface area contributed by atoms with Crippen LogP contribution in [0.1, 0.15) is 11.0 Å². The van der Waals surface area contributed by atoms with Gasteiger partial charge in [0.2, 0.25) is 0 Å². The first-order valence-electron chi connectivity index (χ1n) is 29.4. The Morgan fingerprint density at radius 2 is 0.917 bits per heavy atom. The number of nitrogens with zero attached hydrogens (tertiary/aromatic N) is 7. The predicted octanol–water partition coefficient (Wildman–Crippen LogP) is 18.5. The van der Waals surface area contributed by atoms with Crippen LogP contribution in [-0.2, 0) is 20.1 Å². The van der Waals surface area contributed by atoms with Gasteiger partial charge < -0.3 is 23.8 Å². The fraction of sp³-hybridized carbons (Fsp3) is 0.0132. The first kappa shape index (κ1) is 46.1. The van der Waals surface area contributed by atoms with Gasteiger partial charge in [-0.05, 0) is 116 Å². The topological polar surface area (TPSA) is 73.3 Å². The van der Waals surface area contributed by atoms with Crippen molar-refractivity contribution in [3.05, 3.63) is 286 Å². The molecule has 7 heterocycles. The van der Waals surface area contributed by atoms with Gasteiger partial charge in [-0.2, -0.15) is 0 Å². The molecule has 7 aromatic heterocycles. The zero-order valence-corrected chi connectivity index (χ0v) is 47.1. The second-order valence-corrected chi connectivity index (χ2v) is 20.7. The SMILES string of the molecule is [2H]c1ccnc2c3[c-]cc(-c4ccccc4-c4cc(-c5ccccc5-c5c[c-]c6c7nccc(C([2H])([2H])[2H])c7c7nccn7c6c5)cc(-c5ccccc5-c5c[c-]c(-c6ccccn6)cc5-c5ccc(-c6ccccc6)cc5)c4)cc3n3ccnc3c12.[Ir+3]. The molecular weight excluding hydrogens is 1200 g/mol. The van der Waals surface area contributed by atoms with Crippen LogP contribution in [0.5, 0.6) is 0 Å². The van der Waals surface area contributed by atoms with E-state index in [0.717, 1.165) is 117 Å². The molecule has 0 amide bonds. The van der Waals surface area contributed by atoms with Crippen molar-refractivity contribution in [2.45, 2.75) is 6.85 Å². The van der Waals surface area contributed by atoms with Crippen LogP contribution in [0.2, 0.25) is 0 Å². The molecule has 0 saturated carbocycles. The average Bonchev–Trinajstić information content (AvgIpc) is 1.41. The van der Waals surface area contributed by atoms with Crippen molar-refractivity contribution < 1.29 is 25.6 Å². The maximum atomic E-state index is 8.84. The molecule has 0 N–H and O–H groups in total. The molecule has 0 atom stereocenters. The van der Waals surface area contributed by atoms with Gasteiger partial charge in [0, 0.05) is 69.3 Å². The van der Waals surface area contributed by atoms with Gasteiger partial charge >= 0.3 is 20.1 Å². The standard InChI is InChI=1S/C76H46N7.Ir/c1-48-34-37-79-74-66-33-29-53(47-71(66)83-41-39-81-76(83)72(48)74)59-17-6-8-19-61(59)56-42-55(60-18-7-5-16-58(60)52-28-32-65-70(46-52)82-40-38-80-75(82)67-22-13-36-78-73(65)67)43-57(44-56)62-20-9-10-21-63(62)64-31-30-54(69-23-11-12-35-77-69)45-68(64)51-26-24-50(25-27-51)49-14-3-2-4-15-49;/h2-29,31,34-47H,1H3;/q-3;+3/i1D3,22D;. The number of rotatable bonds is 9. The third-order valence-electron chi connectivity index (χ3n) is 16.0. The Kier molecular flexibility index (Phi) is 11.4. The Hall–Kier alpha value is -10.5. The van der Waals surface area contributed by atoms with Crippen molar-refractivity contribution in [2.24, 2.45) is 0 Å². The Labute approximate surface area is 503 Å². The van der Waals surface area contributed by atoms with Crippen molar-refractivity contribution in [3.8, 4) is 100 Å². The van der Waals surface area contributed by atoms with Crippen molar-refractivity contribution >= 4 is 54.9 Å². The molecule has 0 saturated heterocycles. The van der Waals surface area contributed by atoms with E-state index in [1.807, 2.05) is 63.8 Å². The molecule has 394 valence electrons. The van der Waals surface area contributed by atoms with Crippen LogP contribution in [0.3, 0.4) is 0 Å². The van der Waals surface area contributed by atoms with Gasteiger partial charge in [-0.25, -0.2) is 9.97 Å². The Morgan fingerprint density at radius 1 is 0.381 bits per heavy atom. The molecule has 8 heteroatoms. The molecule has 0 aliphatic rings. The number of pyridine rings is 5. The van der Waals surface area contributed by atoms with Crippen LogP contribution in [0.4, 0.5) is 0 Å². The molecule has 7 nitrogen and oxygen atoms in total. The van der Waals surface area contributed by atoms with Gasteiger partial charge in [-0.3, -0.25) is 0 Å². The van der Waals surface area contributed by atoms with E-state index in [1.165, 1.54) is 0 Å². The molecule has 16 rings (SSSR count). The molecule has 0 aliphatic carbocycles. The number of hydrogen-bond acceptors (Lipinski definition) is 5. The molecule has 0 bridgehead atoms. The van der Waals surface area contributed by atoms with Gasteiger partial charge in [0.25, 0.3) is 0 Å². The third-order valence-corrected chi connectivity index (χ3v) is 16.0. The van der Waals surface area contributed by atoms with Crippen LogP contribution in [-0.4, -0.2) is 33.7 Å². The summed E-state index contributed by atoms with van der Waals surface area (Å²) in [7, 11) is 0. The summed E-state index contributed by atoms with van der Waals surface area (Å²) in [5.41, 5.74) is 22.4. The maximum Gasteiger partial charge on any atom is 3.00 e. The van der Waals surface area contributed by atoms with Crippen molar-refractivity contribution in [2.75, 3.05) is 0 Å². The second kappa shape index (κ2) is 20.8. The summed E-state index contributed by atoms with van der Waals surface area (Å²) in [5.74, 6) is 0. The molecule has 0 radical (unpaired) electrons. The number of aryl methyl sites for hydroxylation is 1. The quantitative estimate of drug-likeness (QED) is 0.106. The zero-order chi connectivity index (χ0) is 58.3. The van der Waals surface area contributed by atoms with Crippen LogP contribution in [0.25, 0.3) is 155 Å². The molecule has 0 unspecified atom stereocenters. The van der Waals surface area contributed by atoms with E-state index in [-0.39, 0.29) is 25.7 Å². The average molecular weight is 1250 g/mol.